The lowest BCUT2D eigenvalue weighted by Crippen LogP contribution is -2.57. The number of likely N-dealkylation sites (tertiary alicyclic amines) is 2. The molecule has 5 aliphatic rings. The average Bonchev–Trinajstić information content (AvgIpc) is 1.70. The molecule has 484 valence electrons. The van der Waals surface area contributed by atoms with E-state index in [0.717, 1.165) is 103 Å². The Kier molecular flexibility index (Phi) is 18.6. The third-order valence-electron chi connectivity index (χ3n) is 19.1. The molecular formula is C69H86FN11O9S. The molecule has 2 bridgehead atoms. The number of β-amino-alcohol motifs (C(OH)–C–C–N with tert-alkyl or cyclic N) is 1. The molecule has 2 N–H and O–H groups in total. The van der Waals surface area contributed by atoms with Gasteiger partial charge in [0.1, 0.15) is 46.9 Å². The van der Waals surface area contributed by atoms with E-state index in [1.807, 2.05) is 120 Å². The fourth-order valence-corrected chi connectivity index (χ4v) is 15.2. The van der Waals surface area contributed by atoms with Crippen molar-refractivity contribution in [3.8, 4) is 33.5 Å². The van der Waals surface area contributed by atoms with Gasteiger partial charge < -0.3 is 48.6 Å². The number of rotatable bonds is 20. The summed E-state index contributed by atoms with van der Waals surface area (Å²) >= 11 is 1.59. The molecule has 20 nitrogen and oxygen atoms in total. The number of piperidine rings is 1. The number of pyridine rings is 1. The average molecular weight is 1260 g/mol. The van der Waals surface area contributed by atoms with Crippen molar-refractivity contribution in [2.24, 2.45) is 17.8 Å². The maximum absolute atomic E-state index is 17.7. The summed E-state index contributed by atoms with van der Waals surface area (Å²) in [6.45, 7) is 22.5. The Balaban J connectivity index is 0.676. The molecule has 9 heterocycles. The molecule has 0 radical (unpaired) electrons. The summed E-state index contributed by atoms with van der Waals surface area (Å²) < 4.78 is 47.3. The van der Waals surface area contributed by atoms with Gasteiger partial charge in [0.2, 0.25) is 11.8 Å². The zero-order valence-corrected chi connectivity index (χ0v) is 54.8. The van der Waals surface area contributed by atoms with E-state index in [1.165, 1.54) is 4.90 Å². The molecule has 0 aliphatic carbocycles. The van der Waals surface area contributed by atoms with Crippen molar-refractivity contribution < 1.29 is 47.4 Å². The van der Waals surface area contributed by atoms with Crippen LogP contribution in [0.1, 0.15) is 128 Å². The predicted octanol–water partition coefficient (Wildman–Crippen LogP) is 11.1. The zero-order valence-electron chi connectivity index (χ0n) is 54.0. The van der Waals surface area contributed by atoms with E-state index in [1.54, 1.807) is 24.6 Å². The molecule has 91 heavy (non-hydrogen) atoms. The summed E-state index contributed by atoms with van der Waals surface area (Å²) in [5, 5.41) is 20.7. The number of ether oxygens (including phenoxy) is 4. The van der Waals surface area contributed by atoms with Crippen LogP contribution in [0.15, 0.2) is 76.9 Å². The lowest BCUT2D eigenvalue weighted by Gasteiger charge is -2.43. The number of amides is 3. The number of aromatic nitrogens is 5. The molecular weight excluding hydrogens is 1180 g/mol. The Morgan fingerprint density at radius 1 is 0.890 bits per heavy atom. The highest BCUT2D eigenvalue weighted by Crippen LogP contribution is 2.42. The first kappa shape index (κ1) is 63.6. The minimum atomic E-state index is -0.829. The first-order valence-corrected chi connectivity index (χ1v) is 33.3. The molecule has 0 saturated carbocycles. The number of nitrogens with one attached hydrogen (secondary N) is 1. The summed E-state index contributed by atoms with van der Waals surface area (Å²) in [7, 11) is 1.56. The topological polar surface area (TPSA) is 214 Å². The summed E-state index contributed by atoms with van der Waals surface area (Å²) in [6, 6.07) is 18.4. The number of thiazole rings is 1. The Bertz CT molecular complexity index is 3750. The summed E-state index contributed by atoms with van der Waals surface area (Å²) in [6.07, 6.45) is 6.18. The van der Waals surface area contributed by atoms with Gasteiger partial charge in [-0.3, -0.25) is 24.4 Å². The Morgan fingerprint density at radius 3 is 2.32 bits per heavy atom. The molecule has 5 fully saturated rings. The largest absolute Gasteiger partial charge is 0.468 e. The van der Waals surface area contributed by atoms with Crippen LogP contribution in [-0.4, -0.2) is 165 Å². The number of fused-ring (bicyclic) bond motifs is 4. The number of benzene rings is 3. The van der Waals surface area contributed by atoms with Crippen molar-refractivity contribution in [3.05, 3.63) is 101 Å². The minimum Gasteiger partial charge on any atom is -0.468 e. The number of methoxy groups -OCH3 is 1. The summed E-state index contributed by atoms with van der Waals surface area (Å²) in [4.78, 5) is 72.3. The molecule has 4 aromatic heterocycles. The number of anilines is 2. The number of carbonyl (C=O) groups excluding carboxylic acids is 3. The Morgan fingerprint density at radius 2 is 1.64 bits per heavy atom. The second kappa shape index (κ2) is 26.6. The number of aliphatic hydroxyl groups excluding tert-OH is 1. The first-order chi connectivity index (χ1) is 43.7. The fourth-order valence-electron chi connectivity index (χ4n) is 14.4. The lowest BCUT2D eigenvalue weighted by molar-refractivity contribution is -0.141. The van der Waals surface area contributed by atoms with Crippen LogP contribution in [0.25, 0.3) is 43.4 Å². The van der Waals surface area contributed by atoms with Crippen LogP contribution in [0.2, 0.25) is 0 Å². The molecule has 5 saturated heterocycles. The lowest BCUT2D eigenvalue weighted by atomic mass is 9.83. The third kappa shape index (κ3) is 13.4. The van der Waals surface area contributed by atoms with Crippen LogP contribution in [-0.2, 0) is 25.5 Å². The smallest absolute Gasteiger partial charge is 0.410 e. The van der Waals surface area contributed by atoms with E-state index >= 15 is 4.39 Å². The van der Waals surface area contributed by atoms with Gasteiger partial charge in [0.25, 0.3) is 0 Å². The van der Waals surface area contributed by atoms with Crippen molar-refractivity contribution in [1.29, 1.82) is 0 Å². The SMILES string of the molecule is CCc1cccc2cc(OCOC)cc(-c3ncc4c(N5CC6CCC(C5)N6C(=O)OC(C)(C)C)nc(OC[C@H](C)N5CCC(CC6CN(c7cc(C(C(=O)N8C[C@H](O)C[C@H]8C(=O)N[C@@H](C)c8ccc(-c9scnc9C)cc8)C(C)C)on7)C6)CC5)nc4c3F)c12. The van der Waals surface area contributed by atoms with E-state index in [2.05, 4.69) is 44.0 Å². The molecule has 12 rings (SSSR count). The number of aliphatic hydroxyl groups is 1. The standard InChI is InChI=1S/C69H86FN11O9S/c1-11-45-13-12-14-48-26-52(88-38-86-10)28-53(59(45)48)61-60(70)62-54(30-71-61)64(79-33-49-19-20-50(34-79)81(49)68(85)89-69(7,8)9)75-67(74-62)87-36-40(4)77-23-21-43(22-24-77)25-44-31-78(32-44)57-29-56(90-76-57)58(39(2)3)66(84)80-35-51(82)27-55(80)65(83)73-41(5)46-15-17-47(18-16-46)63-42(6)72-37-91-63/h12-18,26,28-30,37,39-41,43-44,49-51,55,58,82H,11,19-25,27,31-36,38H2,1-10H3,(H,73,83)/t40-,41-,49?,50?,51+,55-,58?/m0/s1. The van der Waals surface area contributed by atoms with E-state index in [4.69, 9.17) is 38.4 Å². The Labute approximate surface area is 535 Å². The molecule has 22 heteroatoms. The van der Waals surface area contributed by atoms with Crippen LogP contribution in [0.4, 0.5) is 20.8 Å². The van der Waals surface area contributed by atoms with Crippen LogP contribution < -0.4 is 24.6 Å². The number of hydrogen-bond acceptors (Lipinski definition) is 18. The fraction of sp³-hybridized carbons (Fsp3) is 0.536. The highest BCUT2D eigenvalue weighted by Gasteiger charge is 2.47. The van der Waals surface area contributed by atoms with Crippen LogP contribution in [0.5, 0.6) is 11.8 Å². The van der Waals surface area contributed by atoms with Crippen molar-refractivity contribution in [3.63, 3.8) is 0 Å². The van der Waals surface area contributed by atoms with E-state index < -0.39 is 29.5 Å². The molecule has 7 aromatic rings. The van der Waals surface area contributed by atoms with Gasteiger partial charge in [-0.2, -0.15) is 9.97 Å². The van der Waals surface area contributed by atoms with E-state index in [9.17, 15) is 19.5 Å². The molecule has 3 aromatic carbocycles. The molecule has 3 unspecified atom stereocenters. The number of hydrogen-bond donors (Lipinski definition) is 2. The number of nitrogens with zero attached hydrogens (tertiary/aromatic N) is 10. The Hall–Kier alpha value is -7.53. The monoisotopic (exact) mass is 1260 g/mol. The van der Waals surface area contributed by atoms with Gasteiger partial charge in [-0.1, -0.05) is 68.4 Å². The zero-order chi connectivity index (χ0) is 64.0. The van der Waals surface area contributed by atoms with Crippen LogP contribution in [0, 0.1) is 30.5 Å². The third-order valence-corrected chi connectivity index (χ3v) is 20.1. The maximum Gasteiger partial charge on any atom is 0.410 e. The van der Waals surface area contributed by atoms with Gasteiger partial charge in [-0.15, -0.1) is 11.3 Å². The van der Waals surface area contributed by atoms with Gasteiger partial charge in [0, 0.05) is 70.1 Å². The summed E-state index contributed by atoms with van der Waals surface area (Å²) in [5.74, 6) is 1.21. The normalized spacial score (nSPS) is 21.0. The number of piperazine rings is 1. The quantitative estimate of drug-likeness (QED) is 0.0679. The van der Waals surface area contributed by atoms with Crippen molar-refractivity contribution >= 4 is 62.6 Å². The van der Waals surface area contributed by atoms with E-state index in [0.29, 0.717) is 59.0 Å². The second-order valence-corrected chi connectivity index (χ2v) is 27.9. The van der Waals surface area contributed by atoms with Gasteiger partial charge in [0.15, 0.2) is 24.2 Å². The van der Waals surface area contributed by atoms with Gasteiger partial charge in [-0.05, 0) is 151 Å². The second-order valence-electron chi connectivity index (χ2n) is 27.1. The minimum absolute atomic E-state index is 0.0151. The van der Waals surface area contributed by atoms with Gasteiger partial charge >= 0.3 is 12.1 Å². The first-order valence-electron chi connectivity index (χ1n) is 32.4. The van der Waals surface area contributed by atoms with Crippen molar-refractivity contribution in [1.82, 2.24) is 45.1 Å². The van der Waals surface area contributed by atoms with Gasteiger partial charge in [-0.25, -0.2) is 14.2 Å². The molecule has 7 atom stereocenters. The number of aryl methyl sites for hydroxylation is 2. The highest BCUT2D eigenvalue weighted by molar-refractivity contribution is 7.13. The number of halogens is 1. The van der Waals surface area contributed by atoms with Crippen molar-refractivity contribution in [2.75, 3.05) is 76.1 Å². The summed E-state index contributed by atoms with van der Waals surface area (Å²) in [5.41, 5.74) is 6.04. The number of carbonyl (C=O) groups is 3. The van der Waals surface area contributed by atoms with Crippen LogP contribution >= 0.6 is 11.3 Å². The van der Waals surface area contributed by atoms with Crippen molar-refractivity contribution in [2.45, 2.75) is 155 Å². The van der Waals surface area contributed by atoms with Gasteiger partial charge in [0.05, 0.1) is 45.7 Å². The molecule has 0 spiro atoms. The predicted molar refractivity (Wildman–Crippen MR) is 348 cm³/mol. The van der Waals surface area contributed by atoms with E-state index in [-0.39, 0.29) is 91.6 Å². The maximum atomic E-state index is 17.7. The molecule has 3 amide bonds. The van der Waals surface area contributed by atoms with Crippen LogP contribution in [0.3, 0.4) is 0 Å². The molecule has 5 aliphatic heterocycles. The highest BCUT2D eigenvalue weighted by atomic mass is 32.1.